The average Bonchev–Trinajstić information content (AvgIpc) is 3.15. The molecule has 2 aromatic heterocycles. The number of amides is 2. The van der Waals surface area contributed by atoms with Crippen molar-refractivity contribution in [3.8, 4) is 0 Å². The van der Waals surface area contributed by atoms with E-state index >= 15 is 0 Å². The summed E-state index contributed by atoms with van der Waals surface area (Å²) in [5.74, 6) is 0.330. The van der Waals surface area contributed by atoms with Crippen LogP contribution in [0.15, 0.2) is 22.1 Å². The standard InChI is InChI=1S/C17H24N4O3S/c1-10(2)17(4,9-18)21-14(22)7-12-8-25-16(19-12)20-15(23)13-5-6-24-11(13)3/h5-6,8,10H,7,9,18H2,1-4H3,(H,21,22)(H,19,20,23). The SMILES string of the molecule is Cc1occc1C(=O)Nc1nc(CC(=O)NC(C)(CN)C(C)C)cs1. The number of nitrogens with one attached hydrogen (secondary N) is 2. The van der Waals surface area contributed by atoms with Gasteiger partial charge in [-0.15, -0.1) is 11.3 Å². The Bertz CT molecular complexity index is 753. The van der Waals surface area contributed by atoms with Crippen molar-refractivity contribution in [2.75, 3.05) is 11.9 Å². The first kappa shape index (κ1) is 19.1. The molecule has 0 spiro atoms. The van der Waals surface area contributed by atoms with Gasteiger partial charge in [0.1, 0.15) is 5.76 Å². The van der Waals surface area contributed by atoms with Gasteiger partial charge in [-0.25, -0.2) is 4.98 Å². The third-order valence-electron chi connectivity index (χ3n) is 4.34. The van der Waals surface area contributed by atoms with Gasteiger partial charge in [0.2, 0.25) is 5.91 Å². The minimum atomic E-state index is -0.455. The van der Waals surface area contributed by atoms with Crippen LogP contribution in [-0.2, 0) is 11.2 Å². The number of nitrogens with zero attached hydrogens (tertiary/aromatic N) is 1. The fourth-order valence-corrected chi connectivity index (χ4v) is 2.89. The van der Waals surface area contributed by atoms with Crippen molar-refractivity contribution in [1.82, 2.24) is 10.3 Å². The third-order valence-corrected chi connectivity index (χ3v) is 5.15. The van der Waals surface area contributed by atoms with E-state index in [1.165, 1.54) is 17.6 Å². The van der Waals surface area contributed by atoms with Gasteiger partial charge in [0.15, 0.2) is 5.13 Å². The first-order valence-electron chi connectivity index (χ1n) is 8.06. The lowest BCUT2D eigenvalue weighted by Crippen LogP contribution is -2.55. The molecule has 2 rings (SSSR count). The smallest absolute Gasteiger partial charge is 0.260 e. The molecular formula is C17H24N4O3S. The molecule has 2 heterocycles. The molecular weight excluding hydrogens is 340 g/mol. The Morgan fingerprint density at radius 2 is 2.16 bits per heavy atom. The second-order valence-corrected chi connectivity index (χ2v) is 7.35. The van der Waals surface area contributed by atoms with Crippen LogP contribution in [0.5, 0.6) is 0 Å². The zero-order chi connectivity index (χ0) is 18.6. The highest BCUT2D eigenvalue weighted by atomic mass is 32.1. The molecule has 1 atom stereocenters. The van der Waals surface area contributed by atoms with Crippen LogP contribution in [0.25, 0.3) is 0 Å². The van der Waals surface area contributed by atoms with Crippen molar-refractivity contribution in [2.45, 2.75) is 39.7 Å². The summed E-state index contributed by atoms with van der Waals surface area (Å²) >= 11 is 1.27. The number of aromatic nitrogens is 1. The van der Waals surface area contributed by atoms with Gasteiger partial charge in [-0.2, -0.15) is 0 Å². The Morgan fingerprint density at radius 3 is 2.72 bits per heavy atom. The van der Waals surface area contributed by atoms with Crippen molar-refractivity contribution in [3.63, 3.8) is 0 Å². The molecule has 0 bridgehead atoms. The molecule has 1 unspecified atom stereocenters. The molecule has 136 valence electrons. The maximum absolute atomic E-state index is 12.3. The summed E-state index contributed by atoms with van der Waals surface area (Å²) in [6, 6.07) is 1.60. The number of aryl methyl sites for hydroxylation is 1. The second-order valence-electron chi connectivity index (χ2n) is 6.49. The molecule has 7 nitrogen and oxygen atoms in total. The molecule has 0 aliphatic rings. The number of thiazole rings is 1. The van der Waals surface area contributed by atoms with Crippen LogP contribution in [0.1, 0.15) is 42.6 Å². The Hall–Kier alpha value is -2.19. The van der Waals surface area contributed by atoms with Gasteiger partial charge in [-0.1, -0.05) is 13.8 Å². The minimum absolute atomic E-state index is 0.138. The highest BCUT2D eigenvalue weighted by molar-refractivity contribution is 7.14. The van der Waals surface area contributed by atoms with E-state index in [2.05, 4.69) is 15.6 Å². The normalized spacial score (nSPS) is 13.5. The lowest BCUT2D eigenvalue weighted by atomic mass is 9.88. The van der Waals surface area contributed by atoms with Crippen LogP contribution in [0, 0.1) is 12.8 Å². The number of hydrogen-bond acceptors (Lipinski definition) is 6. The topological polar surface area (TPSA) is 110 Å². The van der Waals surface area contributed by atoms with E-state index in [0.717, 1.165) is 0 Å². The number of hydrogen-bond donors (Lipinski definition) is 3. The van der Waals surface area contributed by atoms with Crippen molar-refractivity contribution >= 4 is 28.3 Å². The summed E-state index contributed by atoms with van der Waals surface area (Å²) < 4.78 is 5.12. The second kappa shape index (κ2) is 7.79. The van der Waals surface area contributed by atoms with Crippen molar-refractivity contribution in [1.29, 1.82) is 0 Å². The summed E-state index contributed by atoms with van der Waals surface area (Å²) in [6.07, 6.45) is 1.60. The number of furan rings is 1. The molecule has 2 amide bonds. The van der Waals surface area contributed by atoms with E-state index < -0.39 is 5.54 Å². The van der Waals surface area contributed by atoms with Gasteiger partial charge in [0.25, 0.3) is 5.91 Å². The van der Waals surface area contributed by atoms with Gasteiger partial charge < -0.3 is 15.5 Å². The lowest BCUT2D eigenvalue weighted by Gasteiger charge is -2.33. The summed E-state index contributed by atoms with van der Waals surface area (Å²) in [6.45, 7) is 8.03. The Kier molecular flexibility index (Phi) is 5.97. The molecule has 0 saturated carbocycles. The minimum Gasteiger partial charge on any atom is -0.469 e. The average molecular weight is 364 g/mol. The Labute approximate surface area is 151 Å². The number of rotatable bonds is 7. The molecule has 8 heteroatoms. The quantitative estimate of drug-likeness (QED) is 0.698. The van der Waals surface area contributed by atoms with Gasteiger partial charge in [-0.3, -0.25) is 14.9 Å². The van der Waals surface area contributed by atoms with Crippen LogP contribution >= 0.6 is 11.3 Å². The van der Waals surface area contributed by atoms with E-state index in [0.29, 0.717) is 28.7 Å². The van der Waals surface area contributed by atoms with Gasteiger partial charge in [0, 0.05) is 11.9 Å². The zero-order valence-electron chi connectivity index (χ0n) is 14.9. The van der Waals surface area contributed by atoms with Gasteiger partial charge in [0.05, 0.1) is 29.5 Å². The summed E-state index contributed by atoms with van der Waals surface area (Å²) in [4.78, 5) is 28.7. The number of carbonyl (C=O) groups excluding carboxylic acids is 2. The fourth-order valence-electron chi connectivity index (χ4n) is 2.19. The molecule has 0 radical (unpaired) electrons. The highest BCUT2D eigenvalue weighted by Crippen LogP contribution is 2.19. The Balaban J connectivity index is 1.96. The summed E-state index contributed by atoms with van der Waals surface area (Å²) in [5.41, 5.74) is 6.39. The predicted octanol–water partition coefficient (Wildman–Crippen LogP) is 2.33. The first-order chi connectivity index (χ1) is 11.7. The molecule has 2 aromatic rings. The van der Waals surface area contributed by atoms with E-state index in [1.807, 2.05) is 20.8 Å². The molecule has 0 fully saturated rings. The van der Waals surface area contributed by atoms with Crippen LogP contribution < -0.4 is 16.4 Å². The molecule has 0 aliphatic carbocycles. The number of anilines is 1. The van der Waals surface area contributed by atoms with Gasteiger partial charge in [-0.05, 0) is 25.8 Å². The lowest BCUT2D eigenvalue weighted by molar-refractivity contribution is -0.122. The maximum Gasteiger partial charge on any atom is 0.260 e. The largest absolute Gasteiger partial charge is 0.469 e. The van der Waals surface area contributed by atoms with E-state index in [1.54, 1.807) is 18.4 Å². The van der Waals surface area contributed by atoms with Crippen molar-refractivity contribution in [3.05, 3.63) is 34.7 Å². The Morgan fingerprint density at radius 1 is 1.44 bits per heavy atom. The molecule has 0 saturated heterocycles. The van der Waals surface area contributed by atoms with Crippen molar-refractivity contribution in [2.24, 2.45) is 11.7 Å². The van der Waals surface area contributed by atoms with Crippen LogP contribution in [0.4, 0.5) is 5.13 Å². The van der Waals surface area contributed by atoms with E-state index in [-0.39, 0.29) is 24.2 Å². The summed E-state index contributed by atoms with van der Waals surface area (Å²) in [5, 5.41) is 7.88. The van der Waals surface area contributed by atoms with Crippen LogP contribution in [-0.4, -0.2) is 28.9 Å². The molecule has 0 aliphatic heterocycles. The number of carbonyl (C=O) groups is 2. The number of nitrogens with two attached hydrogens (primary N) is 1. The zero-order valence-corrected chi connectivity index (χ0v) is 15.7. The summed E-state index contributed by atoms with van der Waals surface area (Å²) in [7, 11) is 0. The van der Waals surface area contributed by atoms with E-state index in [4.69, 9.17) is 10.2 Å². The predicted molar refractivity (Wildman–Crippen MR) is 97.7 cm³/mol. The van der Waals surface area contributed by atoms with Gasteiger partial charge >= 0.3 is 0 Å². The first-order valence-corrected chi connectivity index (χ1v) is 8.94. The maximum atomic E-state index is 12.3. The van der Waals surface area contributed by atoms with Crippen LogP contribution in [0.3, 0.4) is 0 Å². The highest BCUT2D eigenvalue weighted by Gasteiger charge is 2.28. The molecule has 4 N–H and O–H groups in total. The molecule has 25 heavy (non-hydrogen) atoms. The van der Waals surface area contributed by atoms with Crippen molar-refractivity contribution < 1.29 is 14.0 Å². The monoisotopic (exact) mass is 364 g/mol. The molecule has 0 aromatic carbocycles. The van der Waals surface area contributed by atoms with Crippen LogP contribution in [0.2, 0.25) is 0 Å². The van der Waals surface area contributed by atoms with E-state index in [9.17, 15) is 9.59 Å². The third kappa shape index (κ3) is 4.67. The fraction of sp³-hybridized carbons (Fsp3) is 0.471.